The molecule has 17 heavy (non-hydrogen) atoms. The van der Waals surface area contributed by atoms with Gasteiger partial charge in [-0.15, -0.1) is 11.3 Å². The molecule has 0 aliphatic rings. The van der Waals surface area contributed by atoms with Gasteiger partial charge in [-0.2, -0.15) is 0 Å². The Morgan fingerprint density at radius 2 is 2.24 bits per heavy atom. The summed E-state index contributed by atoms with van der Waals surface area (Å²) in [7, 11) is 0. The maximum atomic E-state index is 5.69. The SMILES string of the molecule is CSc1nc(N)cc(NCc2nc(C)cs2)n1. The van der Waals surface area contributed by atoms with E-state index in [9.17, 15) is 0 Å². The van der Waals surface area contributed by atoms with E-state index in [-0.39, 0.29) is 0 Å². The highest BCUT2D eigenvalue weighted by atomic mass is 32.2. The topological polar surface area (TPSA) is 76.7 Å². The van der Waals surface area contributed by atoms with Crippen molar-refractivity contribution in [2.75, 3.05) is 17.3 Å². The van der Waals surface area contributed by atoms with E-state index in [1.165, 1.54) is 11.8 Å². The number of aromatic nitrogens is 3. The molecule has 0 amide bonds. The molecule has 3 N–H and O–H groups in total. The zero-order valence-corrected chi connectivity index (χ0v) is 11.2. The molecule has 7 heteroatoms. The summed E-state index contributed by atoms with van der Waals surface area (Å²) in [4.78, 5) is 12.8. The second-order valence-corrected chi connectivity index (χ2v) is 5.12. The molecular weight excluding hydrogens is 254 g/mol. The average Bonchev–Trinajstić information content (AvgIpc) is 2.72. The van der Waals surface area contributed by atoms with Gasteiger partial charge in [-0.3, -0.25) is 0 Å². The molecular formula is C10H13N5S2. The van der Waals surface area contributed by atoms with Crippen molar-refractivity contribution in [1.82, 2.24) is 15.0 Å². The minimum absolute atomic E-state index is 0.474. The summed E-state index contributed by atoms with van der Waals surface area (Å²) in [6.07, 6.45) is 1.92. The molecule has 0 spiro atoms. The molecule has 2 heterocycles. The van der Waals surface area contributed by atoms with Crippen LogP contribution in [0.25, 0.3) is 0 Å². The van der Waals surface area contributed by atoms with Gasteiger partial charge in [0.05, 0.1) is 6.54 Å². The Labute approximate surface area is 108 Å². The Balaban J connectivity index is 2.05. The van der Waals surface area contributed by atoms with E-state index in [0.717, 1.165) is 16.5 Å². The van der Waals surface area contributed by atoms with Crippen molar-refractivity contribution in [1.29, 1.82) is 0 Å². The molecule has 2 aromatic heterocycles. The van der Waals surface area contributed by atoms with Crippen LogP contribution < -0.4 is 11.1 Å². The number of nitrogens with zero attached hydrogens (tertiary/aromatic N) is 3. The normalized spacial score (nSPS) is 10.5. The molecule has 0 bridgehead atoms. The average molecular weight is 267 g/mol. The fraction of sp³-hybridized carbons (Fsp3) is 0.300. The Kier molecular flexibility index (Phi) is 3.80. The third kappa shape index (κ3) is 3.31. The highest BCUT2D eigenvalue weighted by Gasteiger charge is 2.03. The first-order chi connectivity index (χ1) is 8.17. The number of thioether (sulfide) groups is 1. The summed E-state index contributed by atoms with van der Waals surface area (Å²) in [5.41, 5.74) is 6.73. The lowest BCUT2D eigenvalue weighted by Gasteiger charge is -2.05. The number of thiazole rings is 1. The van der Waals surface area contributed by atoms with E-state index >= 15 is 0 Å². The smallest absolute Gasteiger partial charge is 0.191 e. The van der Waals surface area contributed by atoms with Crippen LogP contribution in [0.5, 0.6) is 0 Å². The summed E-state index contributed by atoms with van der Waals surface area (Å²) in [6, 6.07) is 1.72. The zero-order valence-electron chi connectivity index (χ0n) is 9.60. The standard InChI is InChI=1S/C10H13N5S2/c1-6-5-17-9(13-6)4-12-8-3-7(11)14-10(15-8)16-2/h3,5H,4H2,1-2H3,(H3,11,12,14,15). The van der Waals surface area contributed by atoms with Crippen molar-refractivity contribution in [3.8, 4) is 0 Å². The predicted octanol–water partition coefficient (Wildman–Crippen LogP) is 2.16. The molecule has 2 aromatic rings. The van der Waals surface area contributed by atoms with Crippen molar-refractivity contribution < 1.29 is 0 Å². The fourth-order valence-electron chi connectivity index (χ4n) is 1.28. The number of hydrogen-bond acceptors (Lipinski definition) is 7. The van der Waals surface area contributed by atoms with Gasteiger partial charge in [0.25, 0.3) is 0 Å². The van der Waals surface area contributed by atoms with Crippen LogP contribution in [0.1, 0.15) is 10.7 Å². The first kappa shape index (κ1) is 12.1. The van der Waals surface area contributed by atoms with E-state index in [2.05, 4.69) is 20.3 Å². The molecule has 2 rings (SSSR count). The van der Waals surface area contributed by atoms with Crippen molar-refractivity contribution in [2.24, 2.45) is 0 Å². The van der Waals surface area contributed by atoms with Gasteiger partial charge in [-0.1, -0.05) is 11.8 Å². The quantitative estimate of drug-likeness (QED) is 0.653. The molecule has 0 saturated heterocycles. The number of rotatable bonds is 4. The lowest BCUT2D eigenvalue weighted by atomic mass is 10.5. The molecule has 0 fully saturated rings. The molecule has 0 saturated carbocycles. The first-order valence-electron chi connectivity index (χ1n) is 5.01. The lowest BCUT2D eigenvalue weighted by molar-refractivity contribution is 0.959. The van der Waals surface area contributed by atoms with Crippen LogP contribution >= 0.6 is 23.1 Å². The maximum Gasteiger partial charge on any atom is 0.191 e. The third-order valence-electron chi connectivity index (χ3n) is 2.00. The number of hydrogen-bond donors (Lipinski definition) is 2. The highest BCUT2D eigenvalue weighted by molar-refractivity contribution is 7.98. The van der Waals surface area contributed by atoms with Gasteiger partial charge in [0, 0.05) is 17.1 Å². The van der Waals surface area contributed by atoms with E-state index in [1.54, 1.807) is 17.4 Å². The van der Waals surface area contributed by atoms with Crippen LogP contribution in [0.3, 0.4) is 0 Å². The molecule has 0 aliphatic carbocycles. The van der Waals surface area contributed by atoms with Crippen molar-refractivity contribution in [3.63, 3.8) is 0 Å². The summed E-state index contributed by atoms with van der Waals surface area (Å²) in [5, 5.41) is 6.92. The molecule has 90 valence electrons. The lowest BCUT2D eigenvalue weighted by Crippen LogP contribution is -2.04. The number of anilines is 2. The van der Waals surface area contributed by atoms with Crippen molar-refractivity contribution >= 4 is 34.7 Å². The third-order valence-corrected chi connectivity index (χ3v) is 3.51. The molecule has 0 radical (unpaired) electrons. The molecule has 0 unspecified atom stereocenters. The second kappa shape index (κ2) is 5.33. The molecule has 0 aliphatic heterocycles. The molecule has 0 aromatic carbocycles. The number of nitrogen functional groups attached to an aromatic ring is 1. The van der Waals surface area contributed by atoms with Crippen molar-refractivity contribution in [3.05, 3.63) is 22.1 Å². The Bertz CT molecular complexity index is 511. The van der Waals surface area contributed by atoms with Crippen LogP contribution in [-0.4, -0.2) is 21.2 Å². The summed E-state index contributed by atoms with van der Waals surface area (Å²) in [5.74, 6) is 1.21. The van der Waals surface area contributed by atoms with Gasteiger partial charge < -0.3 is 11.1 Å². The van der Waals surface area contributed by atoms with Crippen LogP contribution in [0.15, 0.2) is 16.6 Å². The van der Waals surface area contributed by atoms with Crippen LogP contribution in [-0.2, 0) is 6.54 Å². The molecule has 5 nitrogen and oxygen atoms in total. The van der Waals surface area contributed by atoms with Gasteiger partial charge >= 0.3 is 0 Å². The van der Waals surface area contributed by atoms with E-state index in [4.69, 9.17) is 5.73 Å². The minimum atomic E-state index is 0.474. The Hall–Kier alpha value is -1.34. The Morgan fingerprint density at radius 3 is 2.88 bits per heavy atom. The molecule has 0 atom stereocenters. The fourth-order valence-corrected chi connectivity index (χ4v) is 2.37. The maximum absolute atomic E-state index is 5.69. The zero-order chi connectivity index (χ0) is 12.3. The van der Waals surface area contributed by atoms with Crippen LogP contribution in [0.4, 0.5) is 11.6 Å². The Morgan fingerprint density at radius 1 is 1.41 bits per heavy atom. The van der Waals surface area contributed by atoms with Crippen LogP contribution in [0.2, 0.25) is 0 Å². The highest BCUT2D eigenvalue weighted by Crippen LogP contribution is 2.16. The van der Waals surface area contributed by atoms with E-state index in [1.807, 2.05) is 18.6 Å². The van der Waals surface area contributed by atoms with E-state index < -0.39 is 0 Å². The minimum Gasteiger partial charge on any atom is -0.383 e. The first-order valence-corrected chi connectivity index (χ1v) is 7.11. The van der Waals surface area contributed by atoms with Gasteiger partial charge in [0.15, 0.2) is 5.16 Å². The number of nitrogens with two attached hydrogens (primary N) is 1. The van der Waals surface area contributed by atoms with Crippen molar-refractivity contribution in [2.45, 2.75) is 18.6 Å². The van der Waals surface area contributed by atoms with Gasteiger partial charge in [0.2, 0.25) is 0 Å². The monoisotopic (exact) mass is 267 g/mol. The van der Waals surface area contributed by atoms with Gasteiger partial charge in [0.1, 0.15) is 16.6 Å². The number of aryl methyl sites for hydroxylation is 1. The van der Waals surface area contributed by atoms with E-state index in [0.29, 0.717) is 17.5 Å². The summed E-state index contributed by atoms with van der Waals surface area (Å²) in [6.45, 7) is 2.64. The predicted molar refractivity (Wildman–Crippen MR) is 72.4 cm³/mol. The second-order valence-electron chi connectivity index (χ2n) is 3.40. The largest absolute Gasteiger partial charge is 0.383 e. The van der Waals surface area contributed by atoms with Gasteiger partial charge in [-0.25, -0.2) is 15.0 Å². The number of nitrogens with one attached hydrogen (secondary N) is 1. The van der Waals surface area contributed by atoms with Crippen LogP contribution in [0, 0.1) is 6.92 Å². The summed E-state index contributed by atoms with van der Waals surface area (Å²) >= 11 is 3.10. The summed E-state index contributed by atoms with van der Waals surface area (Å²) < 4.78 is 0. The van der Waals surface area contributed by atoms with Gasteiger partial charge in [-0.05, 0) is 13.2 Å².